The van der Waals surface area contributed by atoms with E-state index in [9.17, 15) is 0 Å². The molecule has 21 heavy (non-hydrogen) atoms. The van der Waals surface area contributed by atoms with Gasteiger partial charge in [0.15, 0.2) is 0 Å². The van der Waals surface area contributed by atoms with Crippen LogP contribution < -0.4 is 10.2 Å². The minimum atomic E-state index is 0.353. The minimum absolute atomic E-state index is 0.353. The molecule has 0 aromatic carbocycles. The molecule has 1 N–H and O–H groups in total. The summed E-state index contributed by atoms with van der Waals surface area (Å²) in [7, 11) is 1.98. The van der Waals surface area contributed by atoms with E-state index >= 15 is 0 Å². The Hall–Kier alpha value is -1.09. The molecule has 0 aliphatic rings. The van der Waals surface area contributed by atoms with Crippen molar-refractivity contribution in [1.82, 2.24) is 10.3 Å². The molecule has 0 aliphatic carbocycles. The number of anilines is 1. The summed E-state index contributed by atoms with van der Waals surface area (Å²) in [5.74, 6) is 2.58. The summed E-state index contributed by atoms with van der Waals surface area (Å²) < 4.78 is 0. The summed E-state index contributed by atoms with van der Waals surface area (Å²) in [6.45, 7) is 13.5. The molecule has 1 aromatic rings. The summed E-state index contributed by atoms with van der Waals surface area (Å²) in [5, 5.41) is 3.26. The molecule has 0 saturated heterocycles. The van der Waals surface area contributed by atoms with Gasteiger partial charge in [0.1, 0.15) is 5.82 Å². The van der Waals surface area contributed by atoms with Gasteiger partial charge in [-0.1, -0.05) is 33.8 Å². The summed E-state index contributed by atoms with van der Waals surface area (Å²) in [6.07, 6.45) is 4.44. The fourth-order valence-electron chi connectivity index (χ4n) is 2.18. The Kier molecular flexibility index (Phi) is 7.73. The molecule has 0 aliphatic heterocycles. The zero-order valence-corrected chi connectivity index (χ0v) is 14.7. The van der Waals surface area contributed by atoms with Crippen LogP contribution in [0.5, 0.6) is 0 Å². The summed E-state index contributed by atoms with van der Waals surface area (Å²) in [6, 6.07) is 4.72. The maximum absolute atomic E-state index is 4.69. The van der Waals surface area contributed by atoms with Crippen molar-refractivity contribution in [3.8, 4) is 0 Å². The highest BCUT2D eigenvalue weighted by Gasteiger charge is 2.11. The van der Waals surface area contributed by atoms with Crippen LogP contribution in [0.3, 0.4) is 0 Å². The van der Waals surface area contributed by atoms with Crippen LogP contribution in [0.2, 0.25) is 0 Å². The van der Waals surface area contributed by atoms with Gasteiger partial charge >= 0.3 is 0 Å². The molecule has 1 heterocycles. The van der Waals surface area contributed by atoms with Gasteiger partial charge in [0, 0.05) is 25.3 Å². The molecular weight excluding hydrogens is 258 g/mol. The number of aromatic nitrogens is 1. The van der Waals surface area contributed by atoms with Crippen molar-refractivity contribution < 1.29 is 0 Å². The second kappa shape index (κ2) is 9.04. The molecule has 1 rings (SSSR count). The first-order valence-corrected chi connectivity index (χ1v) is 8.32. The highest BCUT2D eigenvalue weighted by Crippen LogP contribution is 2.18. The largest absolute Gasteiger partial charge is 0.357 e. The maximum Gasteiger partial charge on any atom is 0.128 e. The Bertz CT molecular complexity index is 372. The van der Waals surface area contributed by atoms with Gasteiger partial charge in [0.25, 0.3) is 0 Å². The van der Waals surface area contributed by atoms with Crippen molar-refractivity contribution in [3.63, 3.8) is 0 Å². The van der Waals surface area contributed by atoms with E-state index in [2.05, 4.69) is 62.0 Å². The third-order valence-electron chi connectivity index (χ3n) is 3.98. The van der Waals surface area contributed by atoms with Crippen LogP contribution in [0, 0.1) is 11.8 Å². The van der Waals surface area contributed by atoms with Crippen LogP contribution in [0.1, 0.15) is 59.1 Å². The van der Waals surface area contributed by atoms with E-state index in [0.29, 0.717) is 6.04 Å². The molecule has 3 nitrogen and oxygen atoms in total. The van der Waals surface area contributed by atoms with E-state index < -0.39 is 0 Å². The Morgan fingerprint density at radius 3 is 1.95 bits per heavy atom. The molecule has 0 radical (unpaired) electrons. The van der Waals surface area contributed by atoms with Crippen LogP contribution in [0.15, 0.2) is 18.3 Å². The molecule has 1 atom stereocenters. The van der Waals surface area contributed by atoms with E-state index in [0.717, 1.165) is 30.7 Å². The van der Waals surface area contributed by atoms with Crippen LogP contribution in [-0.4, -0.2) is 25.1 Å². The van der Waals surface area contributed by atoms with Gasteiger partial charge in [-0.25, -0.2) is 4.98 Å². The van der Waals surface area contributed by atoms with Gasteiger partial charge in [-0.3, -0.25) is 0 Å². The van der Waals surface area contributed by atoms with Crippen LogP contribution in [0.25, 0.3) is 0 Å². The topological polar surface area (TPSA) is 28.2 Å². The number of rotatable bonds is 9. The molecule has 0 fully saturated rings. The number of nitrogens with one attached hydrogen (secondary N) is 1. The fraction of sp³-hybridized carbons (Fsp3) is 0.722. The summed E-state index contributed by atoms with van der Waals surface area (Å²) in [5.41, 5.74) is 1.24. The molecule has 1 aromatic heterocycles. The Morgan fingerprint density at radius 2 is 1.57 bits per heavy atom. The van der Waals surface area contributed by atoms with Gasteiger partial charge in [-0.05, 0) is 50.3 Å². The minimum Gasteiger partial charge on any atom is -0.357 e. The number of hydrogen-bond acceptors (Lipinski definition) is 3. The van der Waals surface area contributed by atoms with Crippen molar-refractivity contribution >= 4 is 5.82 Å². The molecule has 1 unspecified atom stereocenters. The predicted octanol–water partition coefficient (Wildman–Crippen LogP) is 4.26. The predicted molar refractivity (Wildman–Crippen MR) is 92.8 cm³/mol. The van der Waals surface area contributed by atoms with Crippen LogP contribution in [0.4, 0.5) is 5.82 Å². The lowest BCUT2D eigenvalue weighted by atomic mass is 10.1. The van der Waals surface area contributed by atoms with Gasteiger partial charge in [0.05, 0.1) is 0 Å². The highest BCUT2D eigenvalue weighted by atomic mass is 15.2. The standard InChI is InChI=1S/C18H33N3/c1-14(2)9-11-21(12-10-15(3)4)18-8-7-17(13-20-18)16(5)19-6/h7-8,13-16,19H,9-12H2,1-6H3. The van der Waals surface area contributed by atoms with Crippen molar-refractivity contribution in [2.75, 3.05) is 25.0 Å². The quantitative estimate of drug-likeness (QED) is 0.737. The first-order valence-electron chi connectivity index (χ1n) is 8.32. The number of hydrogen-bond donors (Lipinski definition) is 1. The lowest BCUT2D eigenvalue weighted by Crippen LogP contribution is -2.28. The van der Waals surface area contributed by atoms with E-state index in [1.54, 1.807) is 0 Å². The van der Waals surface area contributed by atoms with E-state index in [4.69, 9.17) is 0 Å². The van der Waals surface area contributed by atoms with E-state index in [1.807, 2.05) is 13.2 Å². The van der Waals surface area contributed by atoms with Gasteiger partial charge in [-0.2, -0.15) is 0 Å². The third kappa shape index (κ3) is 6.47. The average Bonchev–Trinajstić information content (AvgIpc) is 2.46. The number of nitrogens with zero attached hydrogens (tertiary/aromatic N) is 2. The first kappa shape index (κ1) is 18.0. The second-order valence-corrected chi connectivity index (χ2v) is 6.81. The van der Waals surface area contributed by atoms with Crippen molar-refractivity contribution in [2.24, 2.45) is 11.8 Å². The Balaban J connectivity index is 2.75. The van der Waals surface area contributed by atoms with Crippen molar-refractivity contribution in [1.29, 1.82) is 0 Å². The lowest BCUT2D eigenvalue weighted by molar-refractivity contribution is 0.532. The molecular formula is C18H33N3. The van der Waals surface area contributed by atoms with Crippen LogP contribution in [-0.2, 0) is 0 Å². The third-order valence-corrected chi connectivity index (χ3v) is 3.98. The normalized spacial score (nSPS) is 13.0. The smallest absolute Gasteiger partial charge is 0.128 e. The fourth-order valence-corrected chi connectivity index (χ4v) is 2.18. The van der Waals surface area contributed by atoms with Gasteiger partial charge in [0.2, 0.25) is 0 Å². The maximum atomic E-state index is 4.69. The molecule has 0 amide bonds. The monoisotopic (exact) mass is 291 g/mol. The first-order chi connectivity index (χ1) is 9.93. The number of pyridine rings is 1. The summed E-state index contributed by atoms with van der Waals surface area (Å²) in [4.78, 5) is 7.13. The second-order valence-electron chi connectivity index (χ2n) is 6.81. The van der Waals surface area contributed by atoms with E-state index in [-0.39, 0.29) is 0 Å². The molecule has 0 spiro atoms. The van der Waals surface area contributed by atoms with Gasteiger partial charge in [-0.15, -0.1) is 0 Å². The van der Waals surface area contributed by atoms with Crippen molar-refractivity contribution in [3.05, 3.63) is 23.9 Å². The van der Waals surface area contributed by atoms with E-state index in [1.165, 1.54) is 18.4 Å². The summed E-state index contributed by atoms with van der Waals surface area (Å²) >= 11 is 0. The molecule has 0 bridgehead atoms. The van der Waals surface area contributed by atoms with Crippen molar-refractivity contribution in [2.45, 2.75) is 53.5 Å². The Morgan fingerprint density at radius 1 is 1.00 bits per heavy atom. The molecule has 0 saturated carbocycles. The molecule has 3 heteroatoms. The zero-order chi connectivity index (χ0) is 15.8. The highest BCUT2D eigenvalue weighted by molar-refractivity contribution is 5.39. The molecule has 120 valence electrons. The van der Waals surface area contributed by atoms with Crippen LogP contribution >= 0.6 is 0 Å². The average molecular weight is 291 g/mol. The zero-order valence-electron chi connectivity index (χ0n) is 14.7. The lowest BCUT2D eigenvalue weighted by Gasteiger charge is -2.26. The van der Waals surface area contributed by atoms with Gasteiger partial charge < -0.3 is 10.2 Å². The SMILES string of the molecule is CNC(C)c1ccc(N(CCC(C)C)CCC(C)C)nc1. The Labute approximate surface area is 131 Å².